The second kappa shape index (κ2) is 6.02. The first-order chi connectivity index (χ1) is 10.2. The lowest BCUT2D eigenvalue weighted by Gasteiger charge is -2.47. The molecule has 0 aliphatic carbocycles. The fourth-order valence-corrected chi connectivity index (χ4v) is 3.45. The van der Waals surface area contributed by atoms with Gasteiger partial charge < -0.3 is 10.2 Å². The van der Waals surface area contributed by atoms with E-state index >= 15 is 0 Å². The maximum absolute atomic E-state index is 12.7. The minimum absolute atomic E-state index is 0.0652. The number of pyridine rings is 1. The van der Waals surface area contributed by atoms with Crippen molar-refractivity contribution in [3.05, 3.63) is 24.0 Å². The summed E-state index contributed by atoms with van der Waals surface area (Å²) in [6.07, 6.45) is 5.51. The molecule has 5 nitrogen and oxygen atoms in total. The molecule has 1 aromatic heterocycles. The van der Waals surface area contributed by atoms with Crippen LogP contribution in [0, 0.1) is 0 Å². The van der Waals surface area contributed by atoms with E-state index in [2.05, 4.69) is 22.1 Å². The summed E-state index contributed by atoms with van der Waals surface area (Å²) in [6, 6.07) is 4.52. The highest BCUT2D eigenvalue weighted by atomic mass is 16.2. The van der Waals surface area contributed by atoms with Gasteiger partial charge in [-0.25, -0.2) is 4.98 Å². The Hall–Kier alpha value is -1.62. The zero-order valence-electron chi connectivity index (χ0n) is 12.9. The number of fused-ring (bicyclic) bond motifs is 1. The standard InChI is InChI=1S/C16H24N4O/c1-12-10-19-8-4-3-5-14(19)11-20(12)16(21)15-7-6-13(17-2)9-18-15/h6-7,9,12,14,17H,3-5,8,10-11H2,1-2H3. The quantitative estimate of drug-likeness (QED) is 0.902. The molecule has 3 rings (SSSR count). The van der Waals surface area contributed by atoms with Crippen LogP contribution in [-0.2, 0) is 0 Å². The van der Waals surface area contributed by atoms with E-state index in [1.807, 2.05) is 24.1 Å². The van der Waals surface area contributed by atoms with E-state index < -0.39 is 0 Å². The van der Waals surface area contributed by atoms with E-state index in [-0.39, 0.29) is 11.9 Å². The van der Waals surface area contributed by atoms with Crippen molar-refractivity contribution in [3.8, 4) is 0 Å². The highest BCUT2D eigenvalue weighted by molar-refractivity contribution is 5.92. The lowest BCUT2D eigenvalue weighted by Crippen LogP contribution is -2.60. The number of rotatable bonds is 2. The van der Waals surface area contributed by atoms with Gasteiger partial charge in [0.15, 0.2) is 0 Å². The van der Waals surface area contributed by atoms with Crippen molar-refractivity contribution < 1.29 is 4.79 Å². The fraction of sp³-hybridized carbons (Fsp3) is 0.625. The van der Waals surface area contributed by atoms with Crippen LogP contribution in [0.3, 0.4) is 0 Å². The summed E-state index contributed by atoms with van der Waals surface area (Å²) in [6.45, 7) is 5.16. The molecule has 2 aliphatic heterocycles. The predicted molar refractivity (Wildman–Crippen MR) is 83.5 cm³/mol. The van der Waals surface area contributed by atoms with Gasteiger partial charge in [0.05, 0.1) is 11.9 Å². The monoisotopic (exact) mass is 288 g/mol. The number of anilines is 1. The molecule has 0 spiro atoms. The highest BCUT2D eigenvalue weighted by Crippen LogP contribution is 2.25. The van der Waals surface area contributed by atoms with Crippen molar-refractivity contribution in [1.82, 2.24) is 14.8 Å². The van der Waals surface area contributed by atoms with E-state index in [1.165, 1.54) is 25.8 Å². The van der Waals surface area contributed by atoms with Crippen LogP contribution < -0.4 is 5.32 Å². The Labute approximate surface area is 126 Å². The minimum Gasteiger partial charge on any atom is -0.387 e. The molecule has 1 aromatic rings. The number of carbonyl (C=O) groups is 1. The molecule has 2 atom stereocenters. The maximum Gasteiger partial charge on any atom is 0.272 e. The molecule has 2 aliphatic rings. The number of hydrogen-bond donors (Lipinski definition) is 1. The van der Waals surface area contributed by atoms with Crippen LogP contribution in [0.2, 0.25) is 0 Å². The smallest absolute Gasteiger partial charge is 0.272 e. The van der Waals surface area contributed by atoms with Gasteiger partial charge in [-0.3, -0.25) is 9.69 Å². The van der Waals surface area contributed by atoms with Crippen molar-refractivity contribution in [3.63, 3.8) is 0 Å². The molecule has 5 heteroatoms. The van der Waals surface area contributed by atoms with Gasteiger partial charge in [-0.2, -0.15) is 0 Å². The molecule has 2 unspecified atom stereocenters. The molecule has 0 radical (unpaired) electrons. The van der Waals surface area contributed by atoms with Gasteiger partial charge in [0, 0.05) is 32.2 Å². The van der Waals surface area contributed by atoms with Crippen molar-refractivity contribution in [2.45, 2.75) is 38.3 Å². The molecular weight excluding hydrogens is 264 g/mol. The number of nitrogens with one attached hydrogen (secondary N) is 1. The Morgan fingerprint density at radius 1 is 1.33 bits per heavy atom. The van der Waals surface area contributed by atoms with Crippen LogP contribution in [0.25, 0.3) is 0 Å². The van der Waals surface area contributed by atoms with E-state index in [4.69, 9.17) is 0 Å². The van der Waals surface area contributed by atoms with Gasteiger partial charge in [0.1, 0.15) is 5.69 Å². The van der Waals surface area contributed by atoms with Crippen LogP contribution >= 0.6 is 0 Å². The van der Waals surface area contributed by atoms with E-state index in [9.17, 15) is 4.79 Å². The summed E-state index contributed by atoms with van der Waals surface area (Å²) >= 11 is 0. The minimum atomic E-state index is 0.0652. The molecule has 3 heterocycles. The first-order valence-electron chi connectivity index (χ1n) is 7.88. The first-order valence-corrected chi connectivity index (χ1v) is 7.88. The van der Waals surface area contributed by atoms with Gasteiger partial charge in [0.25, 0.3) is 5.91 Å². The maximum atomic E-state index is 12.7. The topological polar surface area (TPSA) is 48.5 Å². The second-order valence-corrected chi connectivity index (χ2v) is 6.13. The normalized spacial score (nSPS) is 26.3. The third-order valence-corrected chi connectivity index (χ3v) is 4.72. The highest BCUT2D eigenvalue weighted by Gasteiger charge is 2.35. The summed E-state index contributed by atoms with van der Waals surface area (Å²) in [5.74, 6) is 0.0652. The average molecular weight is 288 g/mol. The second-order valence-electron chi connectivity index (χ2n) is 6.13. The number of carbonyl (C=O) groups excluding carboxylic acids is 1. The Kier molecular flexibility index (Phi) is 4.10. The molecule has 1 amide bonds. The lowest BCUT2D eigenvalue weighted by molar-refractivity contribution is 0.0148. The summed E-state index contributed by atoms with van der Waals surface area (Å²) < 4.78 is 0. The van der Waals surface area contributed by atoms with Crippen molar-refractivity contribution in [2.24, 2.45) is 0 Å². The molecule has 1 N–H and O–H groups in total. The first kappa shape index (κ1) is 14.3. The van der Waals surface area contributed by atoms with Crippen LogP contribution in [0.15, 0.2) is 18.3 Å². The third kappa shape index (κ3) is 2.88. The van der Waals surface area contributed by atoms with E-state index in [0.717, 1.165) is 18.8 Å². The predicted octanol–water partition coefficient (Wildman–Crippen LogP) is 1.82. The number of amides is 1. The largest absolute Gasteiger partial charge is 0.387 e. The number of nitrogens with zero attached hydrogens (tertiary/aromatic N) is 3. The van der Waals surface area contributed by atoms with Gasteiger partial charge in [0.2, 0.25) is 0 Å². The molecule has 2 saturated heterocycles. The molecule has 21 heavy (non-hydrogen) atoms. The van der Waals surface area contributed by atoms with Crippen molar-refractivity contribution in [1.29, 1.82) is 0 Å². The fourth-order valence-electron chi connectivity index (χ4n) is 3.45. The van der Waals surface area contributed by atoms with Crippen LogP contribution in [0.1, 0.15) is 36.7 Å². The molecule has 0 saturated carbocycles. The molecular formula is C16H24N4O. The molecule has 0 bridgehead atoms. The molecule has 2 fully saturated rings. The molecule has 0 aromatic carbocycles. The summed E-state index contributed by atoms with van der Waals surface area (Å²) in [5.41, 5.74) is 1.47. The van der Waals surface area contributed by atoms with Crippen molar-refractivity contribution in [2.75, 3.05) is 32.0 Å². The Morgan fingerprint density at radius 2 is 2.19 bits per heavy atom. The number of piperidine rings is 1. The number of piperazine rings is 1. The third-order valence-electron chi connectivity index (χ3n) is 4.72. The van der Waals surface area contributed by atoms with Crippen LogP contribution in [-0.4, -0.2) is 59.5 Å². The van der Waals surface area contributed by atoms with Gasteiger partial charge in [-0.05, 0) is 38.4 Å². The van der Waals surface area contributed by atoms with E-state index in [0.29, 0.717) is 11.7 Å². The zero-order valence-corrected chi connectivity index (χ0v) is 12.9. The van der Waals surface area contributed by atoms with Crippen LogP contribution in [0.4, 0.5) is 5.69 Å². The summed E-state index contributed by atoms with van der Waals surface area (Å²) in [5, 5.41) is 3.02. The summed E-state index contributed by atoms with van der Waals surface area (Å²) in [7, 11) is 1.85. The number of aromatic nitrogens is 1. The Bertz CT molecular complexity index is 502. The zero-order chi connectivity index (χ0) is 14.8. The van der Waals surface area contributed by atoms with E-state index in [1.54, 1.807) is 6.20 Å². The number of hydrogen-bond acceptors (Lipinski definition) is 4. The average Bonchev–Trinajstić information content (AvgIpc) is 2.53. The Morgan fingerprint density at radius 3 is 2.90 bits per heavy atom. The SMILES string of the molecule is CNc1ccc(C(=O)N2CC3CCCCN3CC2C)nc1. The van der Waals surface area contributed by atoms with Crippen LogP contribution in [0.5, 0.6) is 0 Å². The Balaban J connectivity index is 1.73. The summed E-state index contributed by atoms with van der Waals surface area (Å²) in [4.78, 5) is 21.6. The van der Waals surface area contributed by atoms with Gasteiger partial charge in [-0.15, -0.1) is 0 Å². The van der Waals surface area contributed by atoms with Crippen molar-refractivity contribution >= 4 is 11.6 Å². The lowest BCUT2D eigenvalue weighted by atomic mass is 9.97. The molecule has 114 valence electrons. The van der Waals surface area contributed by atoms with Gasteiger partial charge in [-0.1, -0.05) is 6.42 Å². The van der Waals surface area contributed by atoms with Gasteiger partial charge >= 0.3 is 0 Å².